The molecule has 1 aliphatic carbocycles. The minimum absolute atomic E-state index is 0.0289. The zero-order valence-electron chi connectivity index (χ0n) is 12.9. The van der Waals surface area contributed by atoms with Crippen LogP contribution in [0.3, 0.4) is 0 Å². The van der Waals surface area contributed by atoms with Crippen molar-refractivity contribution in [3.8, 4) is 0 Å². The predicted molar refractivity (Wildman–Crippen MR) is 98.9 cm³/mol. The Labute approximate surface area is 145 Å². The topological polar surface area (TPSA) is 12.0 Å². The highest BCUT2D eigenvalue weighted by atomic mass is 79.9. The molecule has 2 atom stereocenters. The van der Waals surface area contributed by atoms with Gasteiger partial charge in [0.1, 0.15) is 0 Å². The molecule has 0 radical (unpaired) electrons. The van der Waals surface area contributed by atoms with E-state index in [4.69, 9.17) is 0 Å². The van der Waals surface area contributed by atoms with Crippen LogP contribution < -0.4 is 5.32 Å². The van der Waals surface area contributed by atoms with Crippen molar-refractivity contribution in [1.82, 2.24) is 5.32 Å². The van der Waals surface area contributed by atoms with Crippen molar-refractivity contribution in [2.24, 2.45) is 5.92 Å². The third kappa shape index (κ3) is 3.35. The lowest BCUT2D eigenvalue weighted by Crippen LogP contribution is -2.38. The van der Waals surface area contributed by atoms with Crippen molar-refractivity contribution in [2.45, 2.75) is 32.1 Å². The van der Waals surface area contributed by atoms with Gasteiger partial charge in [0.2, 0.25) is 0 Å². The molecule has 0 saturated heterocycles. The molecule has 0 bridgehead atoms. The SMILES string of the molecule is CNCC(C)C(C)(C1=CCCC=C1Br)c1ccccc1Br. The lowest BCUT2D eigenvalue weighted by Gasteiger charge is -2.40. The summed E-state index contributed by atoms with van der Waals surface area (Å²) in [5.74, 6) is 0.478. The normalized spacial score (nSPS) is 19.5. The largest absolute Gasteiger partial charge is 0.319 e. The van der Waals surface area contributed by atoms with E-state index in [1.54, 1.807) is 0 Å². The van der Waals surface area contributed by atoms with E-state index < -0.39 is 0 Å². The van der Waals surface area contributed by atoms with Crippen molar-refractivity contribution in [2.75, 3.05) is 13.6 Å². The van der Waals surface area contributed by atoms with Crippen LogP contribution in [0.25, 0.3) is 0 Å². The number of rotatable bonds is 5. The van der Waals surface area contributed by atoms with Gasteiger partial charge in [0.05, 0.1) is 0 Å². The zero-order valence-corrected chi connectivity index (χ0v) is 16.1. The molecule has 1 nitrogen and oxygen atoms in total. The van der Waals surface area contributed by atoms with Gasteiger partial charge in [-0.15, -0.1) is 0 Å². The molecule has 1 N–H and O–H groups in total. The van der Waals surface area contributed by atoms with Crippen LogP contribution in [0.15, 0.2) is 50.9 Å². The van der Waals surface area contributed by atoms with Crippen LogP contribution >= 0.6 is 31.9 Å². The molecule has 21 heavy (non-hydrogen) atoms. The van der Waals surface area contributed by atoms with E-state index in [1.807, 2.05) is 7.05 Å². The Morgan fingerprint density at radius 3 is 2.48 bits per heavy atom. The van der Waals surface area contributed by atoms with Gasteiger partial charge >= 0.3 is 0 Å². The van der Waals surface area contributed by atoms with E-state index in [1.165, 1.54) is 20.1 Å². The maximum absolute atomic E-state index is 3.79. The Kier molecular flexibility index (Phi) is 5.87. The summed E-state index contributed by atoms with van der Waals surface area (Å²) in [7, 11) is 2.02. The number of allylic oxidation sites excluding steroid dienone is 4. The highest BCUT2D eigenvalue weighted by Crippen LogP contribution is 2.47. The molecule has 1 aromatic rings. The summed E-state index contributed by atoms with van der Waals surface area (Å²) in [5, 5.41) is 3.34. The van der Waals surface area contributed by atoms with Gasteiger partial charge in [-0.1, -0.05) is 76.1 Å². The summed E-state index contributed by atoms with van der Waals surface area (Å²) in [6.07, 6.45) is 6.94. The van der Waals surface area contributed by atoms with Crippen molar-refractivity contribution in [3.05, 3.63) is 56.5 Å². The first-order valence-corrected chi connectivity index (χ1v) is 9.06. The molecule has 2 rings (SSSR count). The van der Waals surface area contributed by atoms with E-state index in [0.717, 1.165) is 19.4 Å². The fourth-order valence-corrected chi connectivity index (χ4v) is 4.67. The summed E-state index contributed by atoms with van der Waals surface area (Å²) in [6.45, 7) is 5.67. The summed E-state index contributed by atoms with van der Waals surface area (Å²) < 4.78 is 2.43. The fourth-order valence-electron chi connectivity index (χ4n) is 3.17. The third-order valence-electron chi connectivity index (χ3n) is 4.58. The Morgan fingerprint density at radius 1 is 1.19 bits per heavy atom. The monoisotopic (exact) mass is 411 g/mol. The summed E-state index contributed by atoms with van der Waals surface area (Å²) in [4.78, 5) is 0. The first-order valence-electron chi connectivity index (χ1n) is 7.48. The molecule has 0 aromatic heterocycles. The number of benzene rings is 1. The van der Waals surface area contributed by atoms with Crippen LogP contribution in [0.5, 0.6) is 0 Å². The Bertz CT molecular complexity index is 562. The molecule has 0 amide bonds. The molecule has 0 spiro atoms. The number of hydrogen-bond donors (Lipinski definition) is 1. The van der Waals surface area contributed by atoms with Crippen LogP contribution in [0, 0.1) is 5.92 Å². The molecule has 0 saturated carbocycles. The zero-order chi connectivity index (χ0) is 15.5. The van der Waals surface area contributed by atoms with Crippen molar-refractivity contribution in [3.63, 3.8) is 0 Å². The standard InChI is InChI=1S/C18H23Br2N/c1-13(12-21-3)18(2,14-8-4-6-10-16(14)19)15-9-5-7-11-17(15)20/h4,6,8-11,13,21H,5,7,12H2,1-3H3. The molecule has 0 aliphatic heterocycles. The molecular weight excluding hydrogens is 390 g/mol. The van der Waals surface area contributed by atoms with Gasteiger partial charge in [0.25, 0.3) is 0 Å². The highest BCUT2D eigenvalue weighted by molar-refractivity contribution is 9.12. The number of nitrogens with one attached hydrogen (secondary N) is 1. The molecule has 114 valence electrons. The van der Waals surface area contributed by atoms with Crippen molar-refractivity contribution >= 4 is 31.9 Å². The van der Waals surface area contributed by atoms with Crippen LogP contribution in [0.2, 0.25) is 0 Å². The molecule has 1 aromatic carbocycles. The second kappa shape index (κ2) is 7.26. The summed E-state index contributed by atoms with van der Waals surface area (Å²) in [5.41, 5.74) is 2.73. The first-order chi connectivity index (χ1) is 10.0. The van der Waals surface area contributed by atoms with E-state index in [2.05, 4.69) is 87.4 Å². The van der Waals surface area contributed by atoms with E-state index in [-0.39, 0.29) is 5.41 Å². The Hall–Kier alpha value is -0.380. The van der Waals surface area contributed by atoms with E-state index in [9.17, 15) is 0 Å². The average molecular weight is 413 g/mol. The minimum Gasteiger partial charge on any atom is -0.319 e. The van der Waals surface area contributed by atoms with Gasteiger partial charge in [-0.2, -0.15) is 0 Å². The van der Waals surface area contributed by atoms with Gasteiger partial charge in [0, 0.05) is 14.4 Å². The minimum atomic E-state index is -0.0289. The second-order valence-corrected chi connectivity index (χ2v) is 7.60. The highest BCUT2D eigenvalue weighted by Gasteiger charge is 2.39. The predicted octanol–water partition coefficient (Wildman–Crippen LogP) is 5.56. The third-order valence-corrected chi connectivity index (χ3v) is 6.03. The quantitative estimate of drug-likeness (QED) is 0.667. The van der Waals surface area contributed by atoms with Gasteiger partial charge in [-0.3, -0.25) is 0 Å². The Morgan fingerprint density at radius 2 is 1.86 bits per heavy atom. The molecule has 3 heteroatoms. The molecular formula is C18H23Br2N. The van der Waals surface area contributed by atoms with Crippen LogP contribution in [-0.4, -0.2) is 13.6 Å². The molecule has 2 unspecified atom stereocenters. The second-order valence-electron chi connectivity index (χ2n) is 5.89. The number of hydrogen-bond acceptors (Lipinski definition) is 1. The van der Waals surface area contributed by atoms with Gasteiger partial charge in [-0.05, 0) is 49.6 Å². The molecule has 0 fully saturated rings. The lowest BCUT2D eigenvalue weighted by atomic mass is 9.66. The van der Waals surface area contributed by atoms with Gasteiger partial charge in [0.15, 0.2) is 0 Å². The fraction of sp³-hybridized carbons (Fsp3) is 0.444. The first kappa shape index (κ1) is 17.0. The Balaban J connectivity index is 2.57. The van der Waals surface area contributed by atoms with E-state index in [0.29, 0.717) is 5.92 Å². The average Bonchev–Trinajstić information content (AvgIpc) is 2.47. The van der Waals surface area contributed by atoms with Crippen LogP contribution in [-0.2, 0) is 5.41 Å². The van der Waals surface area contributed by atoms with Crippen molar-refractivity contribution in [1.29, 1.82) is 0 Å². The van der Waals surface area contributed by atoms with Crippen molar-refractivity contribution < 1.29 is 0 Å². The summed E-state index contributed by atoms with van der Waals surface area (Å²) >= 11 is 7.54. The van der Waals surface area contributed by atoms with Crippen LogP contribution in [0.4, 0.5) is 0 Å². The lowest BCUT2D eigenvalue weighted by molar-refractivity contribution is 0.359. The number of halogens is 2. The molecule has 1 aliphatic rings. The molecule has 0 heterocycles. The maximum Gasteiger partial charge on any atom is 0.0231 e. The van der Waals surface area contributed by atoms with E-state index >= 15 is 0 Å². The van der Waals surface area contributed by atoms with Crippen LogP contribution in [0.1, 0.15) is 32.3 Å². The smallest absolute Gasteiger partial charge is 0.0231 e. The van der Waals surface area contributed by atoms with Gasteiger partial charge < -0.3 is 5.32 Å². The van der Waals surface area contributed by atoms with Gasteiger partial charge in [-0.25, -0.2) is 0 Å². The summed E-state index contributed by atoms with van der Waals surface area (Å²) in [6, 6.07) is 8.59. The maximum atomic E-state index is 3.79.